The number of nitrogens with zero attached hydrogens (tertiary/aromatic N) is 1. The minimum atomic E-state index is 0. The van der Waals surface area contributed by atoms with Crippen molar-refractivity contribution in [3.63, 3.8) is 0 Å². The van der Waals surface area contributed by atoms with Gasteiger partial charge in [-0.3, -0.25) is 0 Å². The average Bonchev–Trinajstić information content (AvgIpc) is 1.61. The fourth-order valence-corrected chi connectivity index (χ4v) is 0.226. The Morgan fingerprint density at radius 1 is 2.00 bits per heavy atom. The van der Waals surface area contributed by atoms with E-state index in [1.165, 1.54) is 0 Å². The van der Waals surface area contributed by atoms with Crippen molar-refractivity contribution in [2.24, 2.45) is 0 Å². The number of hydrogen-bond donors (Lipinski definition) is 0. The summed E-state index contributed by atoms with van der Waals surface area (Å²) in [5, 5.41) is 0. The molecule has 0 saturated carbocycles. The SMILES string of the molecule is [2HH].[CH2-][C+]=C=C=[N+]=[W]. The van der Waals surface area contributed by atoms with Crippen LogP contribution in [0.3, 0.4) is 0 Å². The molecule has 1 nitrogen and oxygen atoms in total. The van der Waals surface area contributed by atoms with Gasteiger partial charge in [-0.1, -0.05) is 0 Å². The predicted octanol–water partition coefficient (Wildman–Crippen LogP) is 0.0483. The molecule has 0 radical (unpaired) electrons. The molecule has 0 aliphatic heterocycles. The van der Waals surface area contributed by atoms with Crippen LogP contribution < -0.4 is 3.17 Å². The monoisotopic (exact) mass is 251 g/mol. The van der Waals surface area contributed by atoms with E-state index in [4.69, 9.17) is 0 Å². The maximum absolute atomic E-state index is 3.55. The van der Waals surface area contributed by atoms with Gasteiger partial charge in [-0.15, -0.1) is 0 Å². The summed E-state index contributed by atoms with van der Waals surface area (Å²) in [6, 6.07) is 0. The zero-order valence-corrected chi connectivity index (χ0v) is 6.00. The summed E-state index contributed by atoms with van der Waals surface area (Å²) < 4.78 is 3.55. The summed E-state index contributed by atoms with van der Waals surface area (Å²) in [6.45, 7) is 3.25. The molecule has 0 aromatic rings. The topological polar surface area (TPSA) is 14.1 Å². The summed E-state index contributed by atoms with van der Waals surface area (Å²) >= 11 is 1.12. The van der Waals surface area contributed by atoms with E-state index < -0.39 is 0 Å². The molecule has 0 aliphatic rings. The number of hydrogen-bond acceptors (Lipinski definition) is 0. The van der Waals surface area contributed by atoms with Crippen LogP contribution in [0, 0.1) is 13.0 Å². The molecule has 0 bridgehead atoms. The first-order valence-corrected chi connectivity index (χ1v) is 2.57. The van der Waals surface area contributed by atoms with Crippen molar-refractivity contribution >= 4 is 5.87 Å². The first-order chi connectivity index (χ1) is 2.91. The van der Waals surface area contributed by atoms with Crippen LogP contribution >= 0.6 is 0 Å². The summed E-state index contributed by atoms with van der Waals surface area (Å²) in [7, 11) is 0. The van der Waals surface area contributed by atoms with Gasteiger partial charge in [0.1, 0.15) is 0 Å². The van der Waals surface area contributed by atoms with Gasteiger partial charge in [0.25, 0.3) is 0 Å². The predicted molar refractivity (Wildman–Crippen MR) is 21.4 cm³/mol. The Balaban J connectivity index is 0. The van der Waals surface area contributed by atoms with Crippen molar-refractivity contribution in [1.82, 2.24) is 3.17 Å². The van der Waals surface area contributed by atoms with E-state index in [1.54, 1.807) is 0 Å². The number of allylic oxidation sites excluding steroid dienone is 1. The van der Waals surface area contributed by atoms with Crippen molar-refractivity contribution in [2.75, 3.05) is 0 Å². The zero-order chi connectivity index (χ0) is 4.83. The van der Waals surface area contributed by atoms with Gasteiger partial charge in [-0.25, -0.2) is 0 Å². The first kappa shape index (κ1) is 5.61. The van der Waals surface area contributed by atoms with Crippen LogP contribution in [0.15, 0.2) is 5.73 Å². The molecule has 0 heterocycles. The molecule has 0 amide bonds. The van der Waals surface area contributed by atoms with Crippen LogP contribution in [-0.2, 0) is 19.6 Å². The van der Waals surface area contributed by atoms with Gasteiger partial charge >= 0.3 is 47.4 Å². The van der Waals surface area contributed by atoms with Gasteiger partial charge in [-0.05, 0) is 0 Å². The molecule has 0 fully saturated rings. The van der Waals surface area contributed by atoms with Crippen molar-refractivity contribution in [2.45, 2.75) is 0 Å². The van der Waals surface area contributed by atoms with E-state index in [9.17, 15) is 0 Å². The Kier molecular flexibility index (Phi) is 4.31. The van der Waals surface area contributed by atoms with Crippen molar-refractivity contribution in [3.05, 3.63) is 18.7 Å². The van der Waals surface area contributed by atoms with Crippen molar-refractivity contribution in [3.8, 4) is 0 Å². The van der Waals surface area contributed by atoms with Gasteiger partial charge in [0.15, 0.2) is 0 Å². The third-order valence-electron chi connectivity index (χ3n) is 0.190. The fourth-order valence-electron chi connectivity index (χ4n) is 0.0624. The van der Waals surface area contributed by atoms with Crippen molar-refractivity contribution < 1.29 is 21.1 Å². The Morgan fingerprint density at radius 2 is 2.67 bits per heavy atom. The molecular weight excluding hydrogens is 246 g/mol. The second-order valence-electron chi connectivity index (χ2n) is 0.505. The van der Waals surface area contributed by atoms with Gasteiger partial charge in [0, 0.05) is 1.43 Å². The molecule has 0 N–H and O–H groups in total. The summed E-state index contributed by atoms with van der Waals surface area (Å²) in [5.74, 6) is 2.44. The third-order valence-corrected chi connectivity index (χ3v) is 0.518. The van der Waals surface area contributed by atoms with Crippen LogP contribution in [0.25, 0.3) is 0 Å². The molecule has 6 heavy (non-hydrogen) atoms. The summed E-state index contributed by atoms with van der Waals surface area (Å²) in [5.41, 5.74) is 2.44. The Morgan fingerprint density at radius 3 is 2.83 bits per heavy atom. The molecule has 0 saturated heterocycles. The standard InChI is InChI=1S/C4H2N.W.H2/c1-2-3-4-5;;/h1H2;;1H/q-1;+2;/i;;1+1. The maximum atomic E-state index is 3.55. The molecule has 30 valence electrons. The van der Waals surface area contributed by atoms with Crippen LogP contribution in [0.5, 0.6) is 0 Å². The Labute approximate surface area is 49.3 Å². The van der Waals surface area contributed by atoms with E-state index in [0.717, 1.165) is 19.6 Å². The quantitative estimate of drug-likeness (QED) is 0.250. The van der Waals surface area contributed by atoms with E-state index in [0.29, 0.717) is 0 Å². The fraction of sp³-hybridized carbons (Fsp3) is 0. The molecule has 0 aromatic heterocycles. The Hall–Kier alpha value is -0.392. The molecule has 0 aliphatic carbocycles. The molecule has 0 atom stereocenters. The zero-order valence-electron chi connectivity index (χ0n) is 3.06. The van der Waals surface area contributed by atoms with E-state index >= 15 is 0 Å². The van der Waals surface area contributed by atoms with Gasteiger partial charge in [-0.2, -0.15) is 0 Å². The van der Waals surface area contributed by atoms with Gasteiger partial charge in [0.05, 0.1) is 0 Å². The molecule has 0 rings (SSSR count). The molecule has 0 spiro atoms. The van der Waals surface area contributed by atoms with Gasteiger partial charge < -0.3 is 0 Å². The minimum absolute atomic E-state index is 0. The van der Waals surface area contributed by atoms with E-state index in [-0.39, 0.29) is 1.43 Å². The van der Waals surface area contributed by atoms with Gasteiger partial charge in [0.2, 0.25) is 0 Å². The summed E-state index contributed by atoms with van der Waals surface area (Å²) in [6.07, 6.45) is 2.38. The normalized spacial score (nSPS) is 3.33. The third kappa shape index (κ3) is 3.61. The summed E-state index contributed by atoms with van der Waals surface area (Å²) in [4.78, 5) is 0. The second kappa shape index (κ2) is 4.61. The molecule has 0 aromatic carbocycles. The van der Waals surface area contributed by atoms with Crippen LogP contribution in [0.4, 0.5) is 0 Å². The molecular formula is C4H4NW+. The van der Waals surface area contributed by atoms with Crippen LogP contribution in [0.1, 0.15) is 1.43 Å². The molecule has 0 unspecified atom stereocenters. The second-order valence-corrected chi connectivity index (χ2v) is 1.16. The van der Waals surface area contributed by atoms with Crippen LogP contribution in [-0.4, -0.2) is 5.87 Å². The van der Waals surface area contributed by atoms with Crippen LogP contribution in [0.2, 0.25) is 0 Å². The van der Waals surface area contributed by atoms with Crippen molar-refractivity contribution in [1.29, 1.82) is 0 Å². The first-order valence-electron chi connectivity index (χ1n) is 1.26. The number of rotatable bonds is 0. The molecule has 2 heteroatoms. The Bertz CT molecular complexity index is 136. The average molecular weight is 251 g/mol. The van der Waals surface area contributed by atoms with E-state index in [2.05, 4.69) is 27.8 Å². The van der Waals surface area contributed by atoms with E-state index in [1.807, 2.05) is 0 Å².